The zero-order valence-electron chi connectivity index (χ0n) is 13.4. The summed E-state index contributed by atoms with van der Waals surface area (Å²) in [7, 11) is 1.75. The van der Waals surface area contributed by atoms with E-state index in [1.165, 1.54) is 25.9 Å². The number of hydrogen-bond donors (Lipinski definition) is 1. The molecular formula is C18H22N4O. The van der Waals surface area contributed by atoms with Crippen molar-refractivity contribution in [1.29, 1.82) is 0 Å². The van der Waals surface area contributed by atoms with Gasteiger partial charge < -0.3 is 4.74 Å². The summed E-state index contributed by atoms with van der Waals surface area (Å²) in [5.74, 6) is 1.42. The Morgan fingerprint density at radius 1 is 1.26 bits per heavy atom. The summed E-state index contributed by atoms with van der Waals surface area (Å²) in [4.78, 5) is 11.2. The van der Waals surface area contributed by atoms with E-state index in [9.17, 15) is 0 Å². The molecule has 120 valence electrons. The molecule has 0 unspecified atom stereocenters. The van der Waals surface area contributed by atoms with Crippen molar-refractivity contribution in [2.24, 2.45) is 10.9 Å². The van der Waals surface area contributed by atoms with Crippen LogP contribution in [-0.4, -0.2) is 48.7 Å². The van der Waals surface area contributed by atoms with Gasteiger partial charge in [-0.15, -0.1) is 0 Å². The Hall–Kier alpha value is -2.14. The normalized spacial score (nSPS) is 27.2. The van der Waals surface area contributed by atoms with Gasteiger partial charge in [-0.25, -0.2) is 9.98 Å². The Balaban J connectivity index is 1.47. The van der Waals surface area contributed by atoms with Crippen LogP contribution in [0.5, 0.6) is 0 Å². The summed E-state index contributed by atoms with van der Waals surface area (Å²) < 4.78 is 6.15. The number of rotatable bonds is 2. The largest absolute Gasteiger partial charge is 0.460 e. The number of hydrogen-bond acceptors (Lipinski definition) is 4. The number of nitrogens with one attached hydrogen (secondary N) is 1. The Kier molecular flexibility index (Phi) is 3.87. The minimum absolute atomic E-state index is 0.240. The van der Waals surface area contributed by atoms with E-state index in [-0.39, 0.29) is 6.10 Å². The molecule has 1 aromatic carbocycles. The Morgan fingerprint density at radius 3 is 2.74 bits per heavy atom. The third kappa shape index (κ3) is 3.01. The van der Waals surface area contributed by atoms with Gasteiger partial charge in [-0.2, -0.15) is 0 Å². The van der Waals surface area contributed by atoms with Crippen LogP contribution in [0.4, 0.5) is 5.82 Å². The van der Waals surface area contributed by atoms with E-state index in [1.54, 1.807) is 7.05 Å². The highest BCUT2D eigenvalue weighted by atomic mass is 16.5. The molecule has 23 heavy (non-hydrogen) atoms. The summed E-state index contributed by atoms with van der Waals surface area (Å²) >= 11 is 0. The summed E-state index contributed by atoms with van der Waals surface area (Å²) in [6.45, 7) is 3.43. The van der Waals surface area contributed by atoms with Gasteiger partial charge in [-0.3, -0.25) is 10.2 Å². The third-order valence-corrected chi connectivity index (χ3v) is 4.93. The van der Waals surface area contributed by atoms with Gasteiger partial charge in [0, 0.05) is 25.2 Å². The molecule has 3 fully saturated rings. The van der Waals surface area contributed by atoms with E-state index in [2.05, 4.69) is 32.3 Å². The summed E-state index contributed by atoms with van der Waals surface area (Å²) in [5.41, 5.74) is 0. The van der Waals surface area contributed by atoms with Crippen molar-refractivity contribution in [2.45, 2.75) is 18.9 Å². The van der Waals surface area contributed by atoms with Crippen LogP contribution in [0.3, 0.4) is 0 Å². The fourth-order valence-electron chi connectivity index (χ4n) is 3.59. The average Bonchev–Trinajstić information content (AvgIpc) is 2.62. The lowest BCUT2D eigenvalue weighted by atomic mass is 9.86. The molecular weight excluding hydrogens is 288 g/mol. The molecule has 3 aliphatic heterocycles. The molecule has 0 saturated carbocycles. The fraction of sp³-hybridized carbons (Fsp3) is 0.444. The first-order valence-corrected chi connectivity index (χ1v) is 8.29. The first-order chi connectivity index (χ1) is 11.3. The van der Waals surface area contributed by atoms with Crippen LogP contribution in [0, 0.1) is 5.92 Å². The number of fused-ring (bicyclic) bond motifs is 4. The molecule has 5 rings (SSSR count). The standard InChI is InChI=1S/C18H22N4O/c1-19-18(23-16-12-22-8-6-13(16)7-9-22)21-17-10-14-4-2-3-5-15(14)11-20-17/h2-5,10-11,13,16H,6-9,12H2,1H3,(H,19,20,21)/t16-/m0/s1. The Labute approximate surface area is 136 Å². The zero-order valence-corrected chi connectivity index (χ0v) is 13.4. The zero-order chi connectivity index (χ0) is 15.6. The number of anilines is 1. The molecule has 2 bridgehead atoms. The molecule has 0 aliphatic carbocycles. The number of amidine groups is 1. The van der Waals surface area contributed by atoms with Crippen molar-refractivity contribution < 1.29 is 4.74 Å². The average molecular weight is 310 g/mol. The van der Waals surface area contributed by atoms with Crippen molar-refractivity contribution >= 4 is 22.6 Å². The van der Waals surface area contributed by atoms with Crippen molar-refractivity contribution in [2.75, 3.05) is 32.0 Å². The molecule has 1 aromatic heterocycles. The summed E-state index contributed by atoms with van der Waals surface area (Å²) in [6.07, 6.45) is 4.58. The van der Waals surface area contributed by atoms with E-state index in [0.717, 1.165) is 23.1 Å². The molecule has 5 nitrogen and oxygen atoms in total. The van der Waals surface area contributed by atoms with Gasteiger partial charge in [0.1, 0.15) is 11.9 Å². The fourth-order valence-corrected chi connectivity index (χ4v) is 3.59. The Morgan fingerprint density at radius 2 is 2.04 bits per heavy atom. The second-order valence-corrected chi connectivity index (χ2v) is 6.36. The van der Waals surface area contributed by atoms with Crippen molar-refractivity contribution in [3.8, 4) is 0 Å². The van der Waals surface area contributed by atoms with Crippen LogP contribution in [0.1, 0.15) is 12.8 Å². The van der Waals surface area contributed by atoms with Gasteiger partial charge in [-0.1, -0.05) is 24.3 Å². The predicted octanol–water partition coefficient (Wildman–Crippen LogP) is 2.74. The molecule has 2 aromatic rings. The number of pyridine rings is 1. The maximum atomic E-state index is 6.15. The third-order valence-electron chi connectivity index (χ3n) is 4.93. The molecule has 3 saturated heterocycles. The number of ether oxygens (including phenoxy) is 1. The van der Waals surface area contributed by atoms with Gasteiger partial charge >= 0.3 is 0 Å². The number of aromatic nitrogens is 1. The molecule has 1 N–H and O–H groups in total. The van der Waals surface area contributed by atoms with E-state index in [0.29, 0.717) is 11.9 Å². The second kappa shape index (κ2) is 6.16. The van der Waals surface area contributed by atoms with Gasteiger partial charge in [0.15, 0.2) is 0 Å². The predicted molar refractivity (Wildman–Crippen MR) is 92.8 cm³/mol. The molecule has 3 aliphatic rings. The SMILES string of the molecule is CN=C(Nc1cc2ccccc2cn1)O[C@H]1CN2CCC1CC2. The van der Waals surface area contributed by atoms with Crippen LogP contribution < -0.4 is 5.32 Å². The van der Waals surface area contributed by atoms with Crippen LogP contribution in [-0.2, 0) is 4.74 Å². The summed E-state index contributed by atoms with van der Waals surface area (Å²) in [5, 5.41) is 5.51. The lowest BCUT2D eigenvalue weighted by Gasteiger charge is -2.44. The monoisotopic (exact) mass is 310 g/mol. The van der Waals surface area contributed by atoms with Crippen LogP contribution >= 0.6 is 0 Å². The lowest BCUT2D eigenvalue weighted by molar-refractivity contribution is -0.0146. The topological polar surface area (TPSA) is 49.8 Å². The van der Waals surface area contributed by atoms with E-state index in [4.69, 9.17) is 4.74 Å². The smallest absolute Gasteiger partial charge is 0.290 e. The first-order valence-electron chi connectivity index (χ1n) is 8.29. The molecule has 0 amide bonds. The number of piperidine rings is 3. The maximum absolute atomic E-state index is 6.15. The highest BCUT2D eigenvalue weighted by molar-refractivity contribution is 5.91. The molecule has 4 heterocycles. The number of benzene rings is 1. The van der Waals surface area contributed by atoms with E-state index < -0.39 is 0 Å². The number of nitrogens with zero attached hydrogens (tertiary/aromatic N) is 3. The maximum Gasteiger partial charge on any atom is 0.290 e. The quantitative estimate of drug-likeness (QED) is 0.684. The summed E-state index contributed by atoms with van der Waals surface area (Å²) in [6, 6.07) is 10.8. The van der Waals surface area contributed by atoms with E-state index >= 15 is 0 Å². The Bertz CT molecular complexity index is 722. The van der Waals surface area contributed by atoms with Crippen LogP contribution in [0.25, 0.3) is 10.8 Å². The molecule has 0 radical (unpaired) electrons. The van der Waals surface area contributed by atoms with Crippen LogP contribution in [0.2, 0.25) is 0 Å². The molecule has 1 atom stereocenters. The highest BCUT2D eigenvalue weighted by Crippen LogP contribution is 2.29. The van der Waals surface area contributed by atoms with Gasteiger partial charge in [0.25, 0.3) is 6.02 Å². The van der Waals surface area contributed by atoms with Gasteiger partial charge in [0.05, 0.1) is 0 Å². The number of aliphatic imine (C=N–C) groups is 1. The first kappa shape index (κ1) is 14.5. The second-order valence-electron chi connectivity index (χ2n) is 6.36. The molecule has 0 spiro atoms. The highest BCUT2D eigenvalue weighted by Gasteiger charge is 2.36. The van der Waals surface area contributed by atoms with Crippen molar-refractivity contribution in [3.63, 3.8) is 0 Å². The van der Waals surface area contributed by atoms with E-state index in [1.807, 2.05) is 24.4 Å². The lowest BCUT2D eigenvalue weighted by Crippen LogP contribution is -2.52. The van der Waals surface area contributed by atoms with Gasteiger partial charge in [0.2, 0.25) is 0 Å². The van der Waals surface area contributed by atoms with Crippen LogP contribution in [0.15, 0.2) is 41.5 Å². The van der Waals surface area contributed by atoms with Crippen molar-refractivity contribution in [3.05, 3.63) is 36.5 Å². The van der Waals surface area contributed by atoms with Gasteiger partial charge in [-0.05, 0) is 43.3 Å². The minimum Gasteiger partial charge on any atom is -0.460 e. The molecule has 5 heteroatoms. The van der Waals surface area contributed by atoms with Crippen molar-refractivity contribution in [1.82, 2.24) is 9.88 Å². The minimum atomic E-state index is 0.240.